The molecule has 0 fully saturated rings. The van der Waals surface area contributed by atoms with Crippen LogP contribution in [0.1, 0.15) is 18.6 Å². The van der Waals surface area contributed by atoms with Crippen molar-refractivity contribution in [1.82, 2.24) is 0 Å². The fraction of sp³-hybridized carbons (Fsp3) is 0.455. The van der Waals surface area contributed by atoms with E-state index in [1.54, 1.807) is 21.3 Å². The van der Waals surface area contributed by atoms with Crippen molar-refractivity contribution in [1.29, 1.82) is 0 Å². The van der Waals surface area contributed by atoms with Gasteiger partial charge in [0.25, 0.3) is 0 Å². The molecule has 0 aliphatic carbocycles. The van der Waals surface area contributed by atoms with Gasteiger partial charge in [0.15, 0.2) is 0 Å². The van der Waals surface area contributed by atoms with Crippen LogP contribution in [0, 0.1) is 0 Å². The zero-order valence-electron chi connectivity index (χ0n) is 9.03. The zero-order chi connectivity index (χ0) is 10.6. The molecule has 0 saturated carbocycles. The number of methoxy groups -OCH3 is 3. The third kappa shape index (κ3) is 2.17. The molecule has 0 saturated heterocycles. The minimum atomic E-state index is 0.0000463. The minimum Gasteiger partial charge on any atom is -0.497 e. The predicted molar refractivity (Wildman–Crippen MR) is 55.0 cm³/mol. The molecule has 78 valence electrons. The van der Waals surface area contributed by atoms with Crippen molar-refractivity contribution in [3.63, 3.8) is 0 Å². The van der Waals surface area contributed by atoms with Crippen LogP contribution in [0.2, 0.25) is 0 Å². The van der Waals surface area contributed by atoms with Crippen LogP contribution in [-0.4, -0.2) is 21.3 Å². The molecule has 0 aliphatic rings. The first-order valence-electron chi connectivity index (χ1n) is 4.47. The third-order valence-electron chi connectivity index (χ3n) is 2.23. The summed E-state index contributed by atoms with van der Waals surface area (Å²) < 4.78 is 15.6. The van der Waals surface area contributed by atoms with E-state index in [1.807, 2.05) is 25.1 Å². The Hall–Kier alpha value is -1.22. The van der Waals surface area contributed by atoms with Crippen molar-refractivity contribution < 1.29 is 14.2 Å². The van der Waals surface area contributed by atoms with Gasteiger partial charge in [0, 0.05) is 12.7 Å². The molecule has 0 amide bonds. The van der Waals surface area contributed by atoms with Crippen molar-refractivity contribution in [3.8, 4) is 11.5 Å². The summed E-state index contributed by atoms with van der Waals surface area (Å²) in [5.74, 6) is 1.63. The second-order valence-electron chi connectivity index (χ2n) is 2.99. The average molecular weight is 196 g/mol. The van der Waals surface area contributed by atoms with E-state index in [0.717, 1.165) is 17.1 Å². The summed E-state index contributed by atoms with van der Waals surface area (Å²) in [6.45, 7) is 1.97. The van der Waals surface area contributed by atoms with Gasteiger partial charge in [-0.3, -0.25) is 0 Å². The second kappa shape index (κ2) is 4.86. The lowest BCUT2D eigenvalue weighted by atomic mass is 10.1. The molecule has 1 aromatic rings. The van der Waals surface area contributed by atoms with Gasteiger partial charge >= 0.3 is 0 Å². The molecule has 0 aliphatic heterocycles. The predicted octanol–water partition coefficient (Wildman–Crippen LogP) is 2.41. The Bertz CT molecular complexity index is 297. The highest BCUT2D eigenvalue weighted by molar-refractivity contribution is 5.41. The van der Waals surface area contributed by atoms with E-state index in [0.29, 0.717) is 0 Å². The van der Waals surface area contributed by atoms with Crippen molar-refractivity contribution in [2.24, 2.45) is 0 Å². The van der Waals surface area contributed by atoms with Crippen LogP contribution in [0.25, 0.3) is 0 Å². The summed E-state index contributed by atoms with van der Waals surface area (Å²) in [6, 6.07) is 5.67. The first-order chi connectivity index (χ1) is 6.72. The Kier molecular flexibility index (Phi) is 3.77. The maximum Gasteiger partial charge on any atom is 0.124 e. The number of rotatable bonds is 4. The molecule has 3 nitrogen and oxygen atoms in total. The van der Waals surface area contributed by atoms with Gasteiger partial charge in [0.2, 0.25) is 0 Å². The highest BCUT2D eigenvalue weighted by Crippen LogP contribution is 2.30. The highest BCUT2D eigenvalue weighted by Gasteiger charge is 2.11. The van der Waals surface area contributed by atoms with E-state index in [2.05, 4.69) is 0 Å². The number of ether oxygens (including phenoxy) is 3. The summed E-state index contributed by atoms with van der Waals surface area (Å²) in [5.41, 5.74) is 0.995. The molecule has 0 radical (unpaired) electrons. The summed E-state index contributed by atoms with van der Waals surface area (Å²) in [7, 11) is 4.96. The van der Waals surface area contributed by atoms with Gasteiger partial charge in [-0.25, -0.2) is 0 Å². The van der Waals surface area contributed by atoms with E-state index < -0.39 is 0 Å². The fourth-order valence-corrected chi connectivity index (χ4v) is 1.28. The van der Waals surface area contributed by atoms with Crippen molar-refractivity contribution >= 4 is 0 Å². The molecule has 0 N–H and O–H groups in total. The van der Waals surface area contributed by atoms with Crippen LogP contribution in [-0.2, 0) is 4.74 Å². The molecule has 0 aromatic heterocycles. The van der Waals surface area contributed by atoms with Crippen molar-refractivity contribution in [3.05, 3.63) is 23.8 Å². The molecule has 0 bridgehead atoms. The lowest BCUT2D eigenvalue weighted by molar-refractivity contribution is 0.116. The second-order valence-corrected chi connectivity index (χ2v) is 2.99. The topological polar surface area (TPSA) is 27.7 Å². The largest absolute Gasteiger partial charge is 0.497 e. The maximum atomic E-state index is 5.24. The molecule has 14 heavy (non-hydrogen) atoms. The van der Waals surface area contributed by atoms with Gasteiger partial charge in [0.1, 0.15) is 11.5 Å². The Morgan fingerprint density at radius 2 is 1.79 bits per heavy atom. The molecule has 0 spiro atoms. The molecule has 3 heteroatoms. The normalized spacial score (nSPS) is 12.3. The number of hydrogen-bond acceptors (Lipinski definition) is 3. The highest BCUT2D eigenvalue weighted by atomic mass is 16.5. The first-order valence-corrected chi connectivity index (χ1v) is 4.47. The van der Waals surface area contributed by atoms with Crippen LogP contribution in [0.3, 0.4) is 0 Å². The quantitative estimate of drug-likeness (QED) is 0.740. The number of benzene rings is 1. The lowest BCUT2D eigenvalue weighted by Crippen LogP contribution is -2.00. The van der Waals surface area contributed by atoms with Gasteiger partial charge in [-0.05, 0) is 25.1 Å². The average Bonchev–Trinajstić information content (AvgIpc) is 2.27. The zero-order valence-corrected chi connectivity index (χ0v) is 9.03. The Morgan fingerprint density at radius 1 is 1.07 bits per heavy atom. The van der Waals surface area contributed by atoms with Gasteiger partial charge in [-0.2, -0.15) is 0 Å². The van der Waals surface area contributed by atoms with E-state index in [1.165, 1.54) is 0 Å². The first kappa shape index (κ1) is 10.9. The van der Waals surface area contributed by atoms with Crippen LogP contribution in [0.4, 0.5) is 0 Å². The molecule has 1 unspecified atom stereocenters. The maximum absolute atomic E-state index is 5.24. The van der Waals surface area contributed by atoms with Crippen molar-refractivity contribution in [2.75, 3.05) is 21.3 Å². The van der Waals surface area contributed by atoms with E-state index in [-0.39, 0.29) is 6.10 Å². The van der Waals surface area contributed by atoms with Gasteiger partial charge in [-0.1, -0.05) is 0 Å². The Balaban J connectivity index is 3.08. The Morgan fingerprint density at radius 3 is 2.29 bits per heavy atom. The summed E-state index contributed by atoms with van der Waals surface area (Å²) in [6.07, 6.45) is 0.0000463. The minimum absolute atomic E-state index is 0.0000463. The molecular weight excluding hydrogens is 180 g/mol. The number of hydrogen-bond donors (Lipinski definition) is 0. The standard InChI is InChI=1S/C11H16O3/c1-8(12-2)10-7-9(13-3)5-6-11(10)14-4/h5-8H,1-4H3. The van der Waals surface area contributed by atoms with Gasteiger partial charge in [0.05, 0.1) is 20.3 Å². The van der Waals surface area contributed by atoms with Gasteiger partial charge in [-0.15, -0.1) is 0 Å². The summed E-state index contributed by atoms with van der Waals surface area (Å²) in [5, 5.41) is 0. The molecule has 0 heterocycles. The van der Waals surface area contributed by atoms with Gasteiger partial charge < -0.3 is 14.2 Å². The third-order valence-corrected chi connectivity index (χ3v) is 2.23. The van der Waals surface area contributed by atoms with E-state index in [9.17, 15) is 0 Å². The molecule has 1 aromatic carbocycles. The van der Waals surface area contributed by atoms with E-state index >= 15 is 0 Å². The molecular formula is C11H16O3. The van der Waals surface area contributed by atoms with Crippen LogP contribution in [0.15, 0.2) is 18.2 Å². The summed E-state index contributed by atoms with van der Waals surface area (Å²) in [4.78, 5) is 0. The molecule has 1 atom stereocenters. The Labute approximate surface area is 84.6 Å². The summed E-state index contributed by atoms with van der Waals surface area (Å²) >= 11 is 0. The van der Waals surface area contributed by atoms with E-state index in [4.69, 9.17) is 14.2 Å². The van der Waals surface area contributed by atoms with Crippen molar-refractivity contribution in [2.45, 2.75) is 13.0 Å². The lowest BCUT2D eigenvalue weighted by Gasteiger charge is -2.15. The SMILES string of the molecule is COc1ccc(OC)c(C(C)OC)c1. The van der Waals surface area contributed by atoms with Crippen LogP contribution >= 0.6 is 0 Å². The van der Waals surface area contributed by atoms with Crippen LogP contribution in [0.5, 0.6) is 11.5 Å². The van der Waals surface area contributed by atoms with Crippen LogP contribution < -0.4 is 9.47 Å². The fourth-order valence-electron chi connectivity index (χ4n) is 1.28. The smallest absolute Gasteiger partial charge is 0.124 e. The molecule has 1 rings (SSSR count). The monoisotopic (exact) mass is 196 g/mol.